The molecule has 0 saturated heterocycles. The molecule has 0 aromatic carbocycles. The molecule has 0 amide bonds. The van der Waals surface area contributed by atoms with Crippen LogP contribution in [0, 0.1) is 11.8 Å². The second kappa shape index (κ2) is 6.91. The fraction of sp³-hybridized carbons (Fsp3) is 0.882. The molecule has 21 heavy (non-hydrogen) atoms. The van der Waals surface area contributed by atoms with Gasteiger partial charge in [-0.2, -0.15) is 4.98 Å². The van der Waals surface area contributed by atoms with Crippen LogP contribution < -0.4 is 5.32 Å². The van der Waals surface area contributed by atoms with E-state index in [1.807, 2.05) is 0 Å². The van der Waals surface area contributed by atoms with Crippen molar-refractivity contribution in [3.8, 4) is 0 Å². The van der Waals surface area contributed by atoms with Crippen LogP contribution in [0.3, 0.4) is 0 Å². The summed E-state index contributed by atoms with van der Waals surface area (Å²) >= 11 is 0. The Labute approximate surface area is 128 Å². The number of hydrogen-bond acceptors (Lipinski definition) is 4. The molecule has 1 N–H and O–H groups in total. The summed E-state index contributed by atoms with van der Waals surface area (Å²) in [6.07, 6.45) is 11.4. The average Bonchev–Trinajstić information content (AvgIpc) is 3.16. The van der Waals surface area contributed by atoms with Gasteiger partial charge in [0.15, 0.2) is 5.82 Å². The molecule has 0 aliphatic heterocycles. The second-order valence-corrected chi connectivity index (χ2v) is 7.16. The Morgan fingerprint density at radius 2 is 2.00 bits per heavy atom. The Morgan fingerprint density at radius 3 is 2.71 bits per heavy atom. The molecule has 0 spiro atoms. The highest BCUT2D eigenvalue weighted by Gasteiger charge is 2.28. The van der Waals surface area contributed by atoms with Crippen LogP contribution >= 0.6 is 0 Å². The molecule has 118 valence electrons. The first kappa shape index (κ1) is 15.0. The zero-order valence-corrected chi connectivity index (χ0v) is 13.5. The molecule has 3 atom stereocenters. The maximum absolute atomic E-state index is 5.54. The lowest BCUT2D eigenvalue weighted by molar-refractivity contribution is 0.306. The molecule has 1 aromatic heterocycles. The van der Waals surface area contributed by atoms with Crippen LogP contribution in [0.15, 0.2) is 4.52 Å². The predicted molar refractivity (Wildman–Crippen MR) is 83.2 cm³/mol. The highest BCUT2D eigenvalue weighted by molar-refractivity contribution is 4.99. The first-order valence-corrected chi connectivity index (χ1v) is 8.76. The van der Waals surface area contributed by atoms with Crippen molar-refractivity contribution in [1.82, 2.24) is 15.5 Å². The third-order valence-electron chi connectivity index (χ3n) is 5.52. The van der Waals surface area contributed by atoms with Gasteiger partial charge in [0.25, 0.3) is 0 Å². The standard InChI is InChI=1S/C17H29N3O/c1-12-6-5-9-14(10-12)17-19-16(21-20-17)11-15(18-2)13-7-3-4-8-13/h12-15,18H,3-11H2,1-2H3. The quantitative estimate of drug-likeness (QED) is 0.899. The molecule has 3 unspecified atom stereocenters. The molecule has 2 fully saturated rings. The third-order valence-corrected chi connectivity index (χ3v) is 5.52. The Kier molecular flexibility index (Phi) is 4.94. The number of rotatable bonds is 5. The van der Waals surface area contributed by atoms with Crippen LogP contribution in [0.1, 0.15) is 75.9 Å². The van der Waals surface area contributed by atoms with Crippen molar-refractivity contribution in [2.75, 3.05) is 7.05 Å². The van der Waals surface area contributed by atoms with Crippen molar-refractivity contribution in [1.29, 1.82) is 0 Å². The maximum atomic E-state index is 5.54. The van der Waals surface area contributed by atoms with E-state index in [-0.39, 0.29) is 0 Å². The van der Waals surface area contributed by atoms with Gasteiger partial charge in [-0.05, 0) is 44.6 Å². The summed E-state index contributed by atoms with van der Waals surface area (Å²) in [7, 11) is 2.06. The van der Waals surface area contributed by atoms with Gasteiger partial charge in [-0.3, -0.25) is 0 Å². The summed E-state index contributed by atoms with van der Waals surface area (Å²) in [6.45, 7) is 2.34. The first-order valence-electron chi connectivity index (χ1n) is 8.76. The van der Waals surface area contributed by atoms with Crippen LogP contribution in [0.5, 0.6) is 0 Å². The van der Waals surface area contributed by atoms with Gasteiger partial charge in [0, 0.05) is 18.4 Å². The molecule has 4 heteroatoms. The van der Waals surface area contributed by atoms with Crippen LogP contribution in [0.4, 0.5) is 0 Å². The van der Waals surface area contributed by atoms with E-state index in [9.17, 15) is 0 Å². The number of likely N-dealkylation sites (N-methyl/N-ethyl adjacent to an activating group) is 1. The molecule has 1 heterocycles. The van der Waals surface area contributed by atoms with Crippen LogP contribution in [0.25, 0.3) is 0 Å². The van der Waals surface area contributed by atoms with Gasteiger partial charge < -0.3 is 9.84 Å². The van der Waals surface area contributed by atoms with Crippen molar-refractivity contribution in [3.63, 3.8) is 0 Å². The first-order chi connectivity index (χ1) is 10.3. The normalized spacial score (nSPS) is 28.9. The van der Waals surface area contributed by atoms with E-state index in [4.69, 9.17) is 9.51 Å². The minimum Gasteiger partial charge on any atom is -0.339 e. The van der Waals surface area contributed by atoms with Crippen molar-refractivity contribution >= 4 is 0 Å². The predicted octanol–water partition coefficient (Wildman–Crippen LogP) is 3.68. The number of nitrogens with zero attached hydrogens (tertiary/aromatic N) is 2. The second-order valence-electron chi connectivity index (χ2n) is 7.16. The Hall–Kier alpha value is -0.900. The van der Waals surface area contributed by atoms with E-state index in [1.165, 1.54) is 51.4 Å². The Balaban J connectivity index is 1.61. The van der Waals surface area contributed by atoms with Crippen LogP contribution in [-0.2, 0) is 6.42 Å². The minimum absolute atomic E-state index is 0.492. The van der Waals surface area contributed by atoms with Gasteiger partial charge in [-0.15, -0.1) is 0 Å². The van der Waals surface area contributed by atoms with Crippen LogP contribution in [-0.4, -0.2) is 23.2 Å². The lowest BCUT2D eigenvalue weighted by Crippen LogP contribution is -2.34. The smallest absolute Gasteiger partial charge is 0.228 e. The maximum Gasteiger partial charge on any atom is 0.228 e. The average molecular weight is 291 g/mol. The fourth-order valence-electron chi connectivity index (χ4n) is 4.24. The molecule has 2 aliphatic carbocycles. The van der Waals surface area contributed by atoms with Crippen molar-refractivity contribution in [2.24, 2.45) is 11.8 Å². The molecule has 1 aromatic rings. The van der Waals surface area contributed by atoms with E-state index < -0.39 is 0 Å². The van der Waals surface area contributed by atoms with Crippen molar-refractivity contribution < 1.29 is 4.52 Å². The zero-order chi connectivity index (χ0) is 14.7. The molecule has 0 radical (unpaired) electrons. The Bertz CT molecular complexity index is 439. The van der Waals surface area contributed by atoms with E-state index in [1.54, 1.807) is 0 Å². The summed E-state index contributed by atoms with van der Waals surface area (Å²) in [4.78, 5) is 4.71. The number of nitrogens with one attached hydrogen (secondary N) is 1. The summed E-state index contributed by atoms with van der Waals surface area (Å²) in [5, 5.41) is 7.73. The summed E-state index contributed by atoms with van der Waals surface area (Å²) < 4.78 is 5.54. The topological polar surface area (TPSA) is 51.0 Å². The van der Waals surface area contributed by atoms with Gasteiger partial charge in [-0.25, -0.2) is 0 Å². The van der Waals surface area contributed by atoms with Crippen LogP contribution in [0.2, 0.25) is 0 Å². The van der Waals surface area contributed by atoms with Gasteiger partial charge in [0.1, 0.15) is 0 Å². The van der Waals surface area contributed by atoms with Gasteiger partial charge in [0.05, 0.1) is 0 Å². The zero-order valence-electron chi connectivity index (χ0n) is 13.5. The lowest BCUT2D eigenvalue weighted by atomic mass is 9.82. The van der Waals surface area contributed by atoms with E-state index >= 15 is 0 Å². The molecule has 2 saturated carbocycles. The van der Waals surface area contributed by atoms with E-state index in [0.29, 0.717) is 12.0 Å². The van der Waals surface area contributed by atoms with E-state index in [2.05, 4.69) is 24.4 Å². The molecule has 3 rings (SSSR count). The van der Waals surface area contributed by atoms with E-state index in [0.717, 1.165) is 30.0 Å². The molecule has 4 nitrogen and oxygen atoms in total. The molecular formula is C17H29N3O. The third kappa shape index (κ3) is 3.65. The molecular weight excluding hydrogens is 262 g/mol. The Morgan fingerprint density at radius 1 is 1.19 bits per heavy atom. The summed E-state index contributed by atoms with van der Waals surface area (Å²) in [6, 6.07) is 0.492. The fourth-order valence-corrected chi connectivity index (χ4v) is 4.24. The SMILES string of the molecule is CNC(Cc1nc(C2CCCC(C)C2)no1)C1CCCC1. The molecule has 0 bridgehead atoms. The summed E-state index contributed by atoms with van der Waals surface area (Å²) in [5.74, 6) is 3.88. The van der Waals surface area contributed by atoms with Crippen molar-refractivity contribution in [2.45, 2.75) is 76.7 Å². The highest BCUT2D eigenvalue weighted by Crippen LogP contribution is 2.35. The number of aromatic nitrogens is 2. The van der Waals surface area contributed by atoms with Crippen molar-refractivity contribution in [3.05, 3.63) is 11.7 Å². The van der Waals surface area contributed by atoms with Gasteiger partial charge in [-0.1, -0.05) is 37.8 Å². The van der Waals surface area contributed by atoms with Gasteiger partial charge in [0.2, 0.25) is 5.89 Å². The minimum atomic E-state index is 0.492. The number of hydrogen-bond donors (Lipinski definition) is 1. The largest absolute Gasteiger partial charge is 0.339 e. The lowest BCUT2D eigenvalue weighted by Gasteiger charge is -2.24. The highest BCUT2D eigenvalue weighted by atomic mass is 16.5. The van der Waals surface area contributed by atoms with Gasteiger partial charge >= 0.3 is 0 Å². The summed E-state index contributed by atoms with van der Waals surface area (Å²) in [5.41, 5.74) is 0. The molecule has 2 aliphatic rings. The monoisotopic (exact) mass is 291 g/mol.